The van der Waals surface area contributed by atoms with E-state index in [1.165, 1.54) is 0 Å². The Hall–Kier alpha value is -2.67. The number of ether oxygens (including phenoxy) is 1. The van der Waals surface area contributed by atoms with Gasteiger partial charge in [0.15, 0.2) is 5.11 Å². The van der Waals surface area contributed by atoms with Crippen molar-refractivity contribution in [2.75, 3.05) is 6.61 Å². The lowest BCUT2D eigenvalue weighted by Gasteiger charge is -2.29. The van der Waals surface area contributed by atoms with Crippen molar-refractivity contribution in [2.24, 2.45) is 0 Å². The summed E-state index contributed by atoms with van der Waals surface area (Å²) in [7, 11) is 0. The van der Waals surface area contributed by atoms with Gasteiger partial charge in [-0.15, -0.1) is 0 Å². The Morgan fingerprint density at radius 3 is 2.72 bits per heavy atom. The van der Waals surface area contributed by atoms with Gasteiger partial charge >= 0.3 is 5.97 Å². The molecule has 25 heavy (non-hydrogen) atoms. The van der Waals surface area contributed by atoms with Crippen LogP contribution in [0.2, 0.25) is 0 Å². The zero-order chi connectivity index (χ0) is 18.0. The third kappa shape index (κ3) is 3.41. The lowest BCUT2D eigenvalue weighted by molar-refractivity contribution is -0.139. The zero-order valence-electron chi connectivity index (χ0n) is 14.4. The van der Waals surface area contributed by atoms with Crippen LogP contribution in [0.4, 0.5) is 0 Å². The van der Waals surface area contributed by atoms with Crippen molar-refractivity contribution in [1.82, 2.24) is 20.4 Å². The molecule has 6 nitrogen and oxygen atoms in total. The molecule has 0 bridgehead atoms. The average molecular weight is 356 g/mol. The molecule has 2 N–H and O–H groups in total. The van der Waals surface area contributed by atoms with E-state index in [4.69, 9.17) is 17.0 Å². The highest BCUT2D eigenvalue weighted by Crippen LogP contribution is 2.30. The van der Waals surface area contributed by atoms with Gasteiger partial charge in [-0.25, -0.2) is 9.48 Å². The maximum atomic E-state index is 12.5. The SMILES string of the molecule is CCOC(=O)C1=C(C)NC(=S)NC1c1cn(-c2ccccc2)nc1C. The normalized spacial score (nSPS) is 17.1. The van der Waals surface area contributed by atoms with Crippen LogP contribution in [0.25, 0.3) is 5.69 Å². The first-order valence-electron chi connectivity index (χ1n) is 8.08. The van der Waals surface area contributed by atoms with Gasteiger partial charge in [0.2, 0.25) is 0 Å². The van der Waals surface area contributed by atoms with Crippen molar-refractivity contribution in [3.05, 3.63) is 59.1 Å². The molecule has 0 saturated heterocycles. The predicted octanol–water partition coefficient (Wildman–Crippen LogP) is 2.54. The molecule has 0 radical (unpaired) electrons. The van der Waals surface area contributed by atoms with Crippen LogP contribution in [-0.2, 0) is 9.53 Å². The van der Waals surface area contributed by atoms with Gasteiger partial charge in [0.1, 0.15) is 0 Å². The van der Waals surface area contributed by atoms with Crippen molar-refractivity contribution in [3.63, 3.8) is 0 Å². The molecule has 7 heteroatoms. The number of thiocarbonyl (C=S) groups is 1. The van der Waals surface area contributed by atoms with Crippen LogP contribution < -0.4 is 10.6 Å². The average Bonchev–Trinajstić information content (AvgIpc) is 2.97. The second-order valence-electron chi connectivity index (χ2n) is 5.74. The topological polar surface area (TPSA) is 68.2 Å². The van der Waals surface area contributed by atoms with E-state index >= 15 is 0 Å². The van der Waals surface area contributed by atoms with Crippen LogP contribution in [0.1, 0.15) is 31.1 Å². The smallest absolute Gasteiger partial charge is 0.338 e. The number of aromatic nitrogens is 2. The number of nitrogens with zero attached hydrogens (tertiary/aromatic N) is 2. The van der Waals surface area contributed by atoms with E-state index in [0.29, 0.717) is 23.0 Å². The number of hydrogen-bond acceptors (Lipinski definition) is 4. The lowest BCUT2D eigenvalue weighted by atomic mass is 9.96. The number of esters is 1. The summed E-state index contributed by atoms with van der Waals surface area (Å²) in [5.74, 6) is -0.362. The minimum absolute atomic E-state index is 0.315. The van der Waals surface area contributed by atoms with Crippen molar-refractivity contribution in [2.45, 2.75) is 26.8 Å². The summed E-state index contributed by atoms with van der Waals surface area (Å²) in [6.07, 6.45) is 1.92. The molecule has 1 unspecified atom stereocenters. The van der Waals surface area contributed by atoms with Crippen molar-refractivity contribution >= 4 is 23.3 Å². The summed E-state index contributed by atoms with van der Waals surface area (Å²) < 4.78 is 7.02. The Bertz CT molecular complexity index is 842. The van der Waals surface area contributed by atoms with Crippen LogP contribution in [0.3, 0.4) is 0 Å². The molecular weight excluding hydrogens is 336 g/mol. The molecule has 130 valence electrons. The van der Waals surface area contributed by atoms with Gasteiger partial charge in [-0.05, 0) is 45.1 Å². The minimum atomic E-state index is -0.398. The van der Waals surface area contributed by atoms with E-state index in [9.17, 15) is 4.79 Å². The molecule has 3 rings (SSSR count). The standard InChI is InChI=1S/C18H20N4O2S/c1-4-24-17(23)15-12(3)19-18(25)20-16(15)14-10-22(21-11(14)2)13-8-6-5-7-9-13/h5-10,16H,4H2,1-3H3,(H2,19,20,25). The second kappa shape index (κ2) is 7.06. The van der Waals surface area contributed by atoms with E-state index in [-0.39, 0.29) is 5.97 Å². The quantitative estimate of drug-likeness (QED) is 0.648. The molecule has 1 aliphatic heterocycles. The molecule has 0 fully saturated rings. The fourth-order valence-electron chi connectivity index (χ4n) is 2.88. The van der Waals surface area contributed by atoms with Crippen LogP contribution in [0, 0.1) is 6.92 Å². The summed E-state index contributed by atoms with van der Waals surface area (Å²) in [5, 5.41) is 11.2. The molecule has 0 saturated carbocycles. The van der Waals surface area contributed by atoms with E-state index in [0.717, 1.165) is 16.9 Å². The third-order valence-electron chi connectivity index (χ3n) is 4.03. The predicted molar refractivity (Wildman–Crippen MR) is 99.2 cm³/mol. The summed E-state index contributed by atoms with van der Waals surface area (Å²) >= 11 is 5.27. The van der Waals surface area contributed by atoms with Gasteiger partial charge < -0.3 is 15.4 Å². The first-order valence-corrected chi connectivity index (χ1v) is 8.49. The highest BCUT2D eigenvalue weighted by atomic mass is 32.1. The fourth-order valence-corrected chi connectivity index (χ4v) is 3.15. The van der Waals surface area contributed by atoms with E-state index in [2.05, 4.69) is 15.7 Å². The summed E-state index contributed by atoms with van der Waals surface area (Å²) in [4.78, 5) is 12.5. The Kier molecular flexibility index (Phi) is 4.85. The number of hydrogen-bond donors (Lipinski definition) is 2. The lowest BCUT2D eigenvalue weighted by Crippen LogP contribution is -2.45. The maximum absolute atomic E-state index is 12.5. The summed E-state index contributed by atoms with van der Waals surface area (Å²) in [6.45, 7) is 5.84. The largest absolute Gasteiger partial charge is 0.463 e. The molecule has 2 heterocycles. The molecule has 1 atom stereocenters. The highest BCUT2D eigenvalue weighted by Gasteiger charge is 2.32. The number of rotatable bonds is 4. The van der Waals surface area contributed by atoms with Gasteiger partial charge in [-0.2, -0.15) is 5.10 Å². The van der Waals surface area contributed by atoms with Crippen LogP contribution in [0.15, 0.2) is 47.8 Å². The fraction of sp³-hybridized carbons (Fsp3) is 0.278. The number of aryl methyl sites for hydroxylation is 1. The van der Waals surface area contributed by atoms with E-state index in [1.54, 1.807) is 11.6 Å². The number of para-hydroxylation sites is 1. The summed E-state index contributed by atoms with van der Waals surface area (Å²) in [5.41, 5.74) is 3.87. The van der Waals surface area contributed by atoms with Crippen LogP contribution >= 0.6 is 12.2 Å². The van der Waals surface area contributed by atoms with Gasteiger partial charge in [0, 0.05) is 17.5 Å². The van der Waals surface area contributed by atoms with Crippen LogP contribution in [0.5, 0.6) is 0 Å². The highest BCUT2D eigenvalue weighted by molar-refractivity contribution is 7.80. The number of benzene rings is 1. The van der Waals surface area contributed by atoms with Crippen molar-refractivity contribution < 1.29 is 9.53 Å². The zero-order valence-corrected chi connectivity index (χ0v) is 15.2. The number of carbonyl (C=O) groups is 1. The van der Waals surface area contributed by atoms with Crippen LogP contribution in [-0.4, -0.2) is 27.5 Å². The first-order chi connectivity index (χ1) is 12.0. The monoisotopic (exact) mass is 356 g/mol. The van der Waals surface area contributed by atoms with Gasteiger partial charge in [-0.1, -0.05) is 18.2 Å². The Balaban J connectivity index is 2.04. The van der Waals surface area contributed by atoms with Crippen molar-refractivity contribution in [1.29, 1.82) is 0 Å². The third-order valence-corrected chi connectivity index (χ3v) is 4.25. The Labute approximate surface area is 151 Å². The van der Waals surface area contributed by atoms with Gasteiger partial charge in [0.25, 0.3) is 0 Å². The first kappa shape index (κ1) is 17.2. The molecule has 1 aliphatic rings. The van der Waals surface area contributed by atoms with Crippen molar-refractivity contribution in [3.8, 4) is 5.69 Å². The molecule has 0 spiro atoms. The maximum Gasteiger partial charge on any atom is 0.338 e. The Morgan fingerprint density at radius 2 is 2.04 bits per heavy atom. The molecule has 0 aliphatic carbocycles. The van der Waals surface area contributed by atoms with E-state index < -0.39 is 6.04 Å². The Morgan fingerprint density at radius 1 is 1.32 bits per heavy atom. The molecular formula is C18H20N4O2S. The second-order valence-corrected chi connectivity index (χ2v) is 6.15. The number of carbonyl (C=O) groups excluding carboxylic acids is 1. The molecule has 2 aromatic rings. The van der Waals surface area contributed by atoms with Gasteiger partial charge in [-0.3, -0.25) is 0 Å². The number of nitrogens with one attached hydrogen (secondary N) is 2. The van der Waals surface area contributed by atoms with E-state index in [1.807, 2.05) is 50.4 Å². The minimum Gasteiger partial charge on any atom is -0.463 e. The molecule has 0 amide bonds. The molecule has 1 aromatic carbocycles. The molecule has 1 aromatic heterocycles. The summed E-state index contributed by atoms with van der Waals surface area (Å²) in [6, 6.07) is 9.42. The van der Waals surface area contributed by atoms with Gasteiger partial charge in [0.05, 0.1) is 29.6 Å². The number of allylic oxidation sites excluding steroid dienone is 1.